The summed E-state index contributed by atoms with van der Waals surface area (Å²) in [7, 11) is -3.08. The zero-order valence-electron chi connectivity index (χ0n) is 25.5. The molecule has 1 aromatic carbocycles. The first-order valence-corrected chi connectivity index (χ1v) is 16.6. The molecule has 4 heterocycles. The third-order valence-corrected chi connectivity index (χ3v) is 9.66. The lowest BCUT2D eigenvalue weighted by atomic mass is 9.86. The molecule has 12 heteroatoms. The topological polar surface area (TPSA) is 141 Å². The molecule has 0 saturated carbocycles. The smallest absolute Gasteiger partial charge is 0.244 e. The van der Waals surface area contributed by atoms with E-state index in [2.05, 4.69) is 32.0 Å². The maximum absolute atomic E-state index is 12.3. The second kappa shape index (κ2) is 11.4. The van der Waals surface area contributed by atoms with Gasteiger partial charge >= 0.3 is 0 Å². The van der Waals surface area contributed by atoms with Crippen molar-refractivity contribution in [2.45, 2.75) is 57.7 Å². The molecule has 0 radical (unpaired) electrons. The maximum atomic E-state index is 12.3. The number of aromatic nitrogens is 3. The Kier molecular flexibility index (Phi) is 8.12. The van der Waals surface area contributed by atoms with Gasteiger partial charge in [0.1, 0.15) is 21.5 Å². The van der Waals surface area contributed by atoms with E-state index < -0.39 is 21.0 Å². The number of piperidine rings is 1. The number of nitrogens with one attached hydrogen (secondary N) is 2. The van der Waals surface area contributed by atoms with Gasteiger partial charge in [0.15, 0.2) is 0 Å². The average molecular weight is 608 g/mol. The fourth-order valence-corrected chi connectivity index (χ4v) is 7.15. The van der Waals surface area contributed by atoms with E-state index in [1.165, 1.54) is 12.3 Å². The van der Waals surface area contributed by atoms with Gasteiger partial charge in [-0.2, -0.15) is 4.98 Å². The number of hydrogen-bond acceptors (Lipinski definition) is 10. The van der Waals surface area contributed by atoms with Gasteiger partial charge in [-0.25, -0.2) is 18.4 Å². The molecule has 2 aromatic heterocycles. The molecular weight excluding hydrogens is 566 g/mol. The van der Waals surface area contributed by atoms with Crippen molar-refractivity contribution >= 4 is 49.8 Å². The molecule has 2 fully saturated rings. The second-order valence-corrected chi connectivity index (χ2v) is 14.8. The van der Waals surface area contributed by atoms with Gasteiger partial charge in [0.2, 0.25) is 11.9 Å². The van der Waals surface area contributed by atoms with Crippen LogP contribution in [-0.4, -0.2) is 77.7 Å². The zero-order chi connectivity index (χ0) is 31.2. The number of hydrogen-bond donors (Lipinski definition) is 3. The maximum Gasteiger partial charge on any atom is 0.244 e. The van der Waals surface area contributed by atoms with Crippen LogP contribution in [0.15, 0.2) is 49.3 Å². The highest BCUT2D eigenvalue weighted by molar-refractivity contribution is 7.90. The monoisotopic (exact) mass is 607 g/mol. The number of aliphatic hydroxyl groups is 1. The Morgan fingerprint density at radius 1 is 1.19 bits per heavy atom. The fourth-order valence-electron chi connectivity index (χ4n) is 5.99. The van der Waals surface area contributed by atoms with E-state index in [0.717, 1.165) is 22.0 Å². The Bertz CT molecular complexity index is 1650. The van der Waals surface area contributed by atoms with Crippen LogP contribution in [0.25, 0.3) is 10.8 Å². The van der Waals surface area contributed by atoms with E-state index in [-0.39, 0.29) is 23.6 Å². The molecule has 2 saturated heterocycles. The van der Waals surface area contributed by atoms with Gasteiger partial charge in [-0.1, -0.05) is 12.6 Å². The molecule has 2 atom stereocenters. The summed E-state index contributed by atoms with van der Waals surface area (Å²) in [5, 5.41) is 18.5. The van der Waals surface area contributed by atoms with Crippen LogP contribution in [-0.2, 0) is 20.2 Å². The zero-order valence-corrected chi connectivity index (χ0v) is 26.3. The predicted octanol–water partition coefficient (Wildman–Crippen LogP) is 3.53. The van der Waals surface area contributed by atoms with E-state index >= 15 is 0 Å². The van der Waals surface area contributed by atoms with Crippen molar-refractivity contribution < 1.29 is 18.3 Å². The van der Waals surface area contributed by atoms with Crippen LogP contribution >= 0.6 is 0 Å². The van der Waals surface area contributed by atoms with Crippen molar-refractivity contribution in [1.29, 1.82) is 0 Å². The second-order valence-electron chi connectivity index (χ2n) is 12.7. The van der Waals surface area contributed by atoms with E-state index in [0.29, 0.717) is 50.1 Å². The summed E-state index contributed by atoms with van der Waals surface area (Å²) in [6.45, 7) is 13.4. The first kappa shape index (κ1) is 30.7. The third-order valence-electron chi connectivity index (χ3n) is 8.63. The highest BCUT2D eigenvalue weighted by Gasteiger charge is 2.38. The van der Waals surface area contributed by atoms with Crippen molar-refractivity contribution in [3.63, 3.8) is 0 Å². The van der Waals surface area contributed by atoms with E-state index in [1.807, 2.05) is 52.1 Å². The Hall–Kier alpha value is -3.77. The molecule has 0 spiro atoms. The van der Waals surface area contributed by atoms with Crippen LogP contribution in [0.1, 0.15) is 46.1 Å². The molecule has 5 rings (SSSR count). The normalized spacial score (nSPS) is 20.4. The molecule has 2 aliphatic rings. The minimum absolute atomic E-state index is 0.0491. The van der Waals surface area contributed by atoms with Crippen LogP contribution in [0.4, 0.5) is 23.3 Å². The Balaban J connectivity index is 1.48. The van der Waals surface area contributed by atoms with Crippen LogP contribution in [0.2, 0.25) is 0 Å². The summed E-state index contributed by atoms with van der Waals surface area (Å²) in [5.74, 6) is 1.70. The first-order chi connectivity index (χ1) is 20.2. The molecule has 0 unspecified atom stereocenters. The summed E-state index contributed by atoms with van der Waals surface area (Å²) in [6.07, 6.45) is 7.35. The van der Waals surface area contributed by atoms with E-state index in [1.54, 1.807) is 12.3 Å². The molecule has 43 heavy (non-hydrogen) atoms. The molecule has 11 nitrogen and oxygen atoms in total. The number of fused-ring (bicyclic) bond motifs is 1. The van der Waals surface area contributed by atoms with Gasteiger partial charge < -0.3 is 25.5 Å². The quantitative estimate of drug-likeness (QED) is 0.310. The lowest BCUT2D eigenvalue weighted by molar-refractivity contribution is -0.118. The van der Waals surface area contributed by atoms with Crippen molar-refractivity contribution in [2.75, 3.05) is 46.8 Å². The van der Waals surface area contributed by atoms with E-state index in [9.17, 15) is 18.3 Å². The minimum Gasteiger partial charge on any atom is -0.390 e. The van der Waals surface area contributed by atoms with Crippen molar-refractivity contribution in [3.05, 3.63) is 54.9 Å². The average Bonchev–Trinajstić information content (AvgIpc) is 2.93. The molecule has 2 aliphatic heterocycles. The number of nitrogens with zero attached hydrogens (tertiary/aromatic N) is 5. The number of benzene rings is 1. The molecule has 1 amide bonds. The predicted molar refractivity (Wildman–Crippen MR) is 171 cm³/mol. The number of amides is 1. The third kappa shape index (κ3) is 6.75. The van der Waals surface area contributed by atoms with Gasteiger partial charge in [-0.3, -0.25) is 4.79 Å². The van der Waals surface area contributed by atoms with Crippen LogP contribution in [0.3, 0.4) is 0 Å². The van der Waals surface area contributed by atoms with Crippen LogP contribution < -0.4 is 20.4 Å². The Morgan fingerprint density at radius 2 is 1.91 bits per heavy atom. The van der Waals surface area contributed by atoms with Gasteiger partial charge in [-0.15, -0.1) is 0 Å². The lowest BCUT2D eigenvalue weighted by Gasteiger charge is -2.48. The fraction of sp³-hybridized carbons (Fsp3) is 0.484. The number of sulfone groups is 1. The molecule has 0 bridgehead atoms. The number of anilines is 4. The summed E-state index contributed by atoms with van der Waals surface area (Å²) in [5.41, 5.74) is 0.472. The molecular formula is C31H41N7O4S. The molecule has 3 aromatic rings. The Labute approximate surface area is 253 Å². The Morgan fingerprint density at radius 3 is 2.56 bits per heavy atom. The summed E-state index contributed by atoms with van der Waals surface area (Å²) in [6, 6.07) is 7.82. The van der Waals surface area contributed by atoms with E-state index in [4.69, 9.17) is 9.97 Å². The first-order valence-electron chi connectivity index (χ1n) is 14.6. The summed E-state index contributed by atoms with van der Waals surface area (Å²) >= 11 is 0. The van der Waals surface area contributed by atoms with Crippen molar-refractivity contribution in [3.8, 4) is 0 Å². The van der Waals surface area contributed by atoms with Gasteiger partial charge in [0, 0.05) is 61.3 Å². The van der Waals surface area contributed by atoms with Gasteiger partial charge in [-0.05, 0) is 75.8 Å². The number of carbonyl (C=O) groups excluding carboxylic acids is 1. The minimum atomic E-state index is -3.08. The summed E-state index contributed by atoms with van der Waals surface area (Å²) < 4.78 is 23.9. The number of rotatable bonds is 9. The van der Waals surface area contributed by atoms with Gasteiger partial charge in [0.25, 0.3) is 0 Å². The highest BCUT2D eigenvalue weighted by Crippen LogP contribution is 2.40. The number of pyridine rings is 1. The van der Waals surface area contributed by atoms with Crippen molar-refractivity contribution in [2.24, 2.45) is 5.92 Å². The summed E-state index contributed by atoms with van der Waals surface area (Å²) in [4.78, 5) is 30.5. The largest absolute Gasteiger partial charge is 0.390 e. The highest BCUT2D eigenvalue weighted by atomic mass is 32.2. The molecule has 230 valence electrons. The SMILES string of the molecule is C=CC(=O)NC(C)(C)c1ccc(N2C[C@H](CS(C)(=O)=O)[C@H]2C)c2cnc(Nc3ccnc(N4CCC(C)(O)CC4)n3)cc12. The number of carbonyl (C=O) groups is 1. The molecule has 3 N–H and O–H groups in total. The van der Waals surface area contributed by atoms with Crippen LogP contribution in [0, 0.1) is 5.92 Å². The van der Waals surface area contributed by atoms with Crippen LogP contribution in [0.5, 0.6) is 0 Å². The molecule has 0 aliphatic carbocycles. The van der Waals surface area contributed by atoms with Crippen molar-refractivity contribution in [1.82, 2.24) is 20.3 Å². The lowest BCUT2D eigenvalue weighted by Crippen LogP contribution is -2.57. The standard InChI is InChI=1S/C31H41N7O4S/c1-7-28(39)36-30(3,4)24-8-9-25(38-18-21(20(38)2)19-43(6,41)42)23-17-33-27(16-22(23)24)34-26-10-13-32-29(35-26)37-14-11-31(5,40)12-15-37/h7-10,13,16-17,20-21,40H,1,11-12,14-15,18-19H2,2-6H3,(H,36,39)(H,32,33,34,35)/t20-,21-/m1/s1. The van der Waals surface area contributed by atoms with Gasteiger partial charge in [0.05, 0.1) is 16.9 Å².